The molecular formula is C13H24O3. The molecule has 0 aromatic rings. The van der Waals surface area contributed by atoms with Gasteiger partial charge in [-0.05, 0) is 19.4 Å². The van der Waals surface area contributed by atoms with E-state index in [-0.39, 0.29) is 5.97 Å². The molecule has 16 heavy (non-hydrogen) atoms. The summed E-state index contributed by atoms with van der Waals surface area (Å²) in [4.78, 5) is 10.9. The molecule has 0 spiro atoms. The Kier molecular flexibility index (Phi) is 10.1. The molecule has 0 aliphatic carbocycles. The second-order valence-electron chi connectivity index (χ2n) is 3.88. The number of carbonyl (C=O) groups excluding carboxylic acids is 1. The van der Waals surface area contributed by atoms with Gasteiger partial charge in [0.25, 0.3) is 0 Å². The lowest BCUT2D eigenvalue weighted by Crippen LogP contribution is -2.05. The smallest absolute Gasteiger partial charge is 0.330 e. The molecule has 3 heteroatoms. The SMILES string of the molecule is CCCCCCCC(O)/C=C/C(=O)OCC. The molecule has 0 rings (SSSR count). The lowest BCUT2D eigenvalue weighted by Gasteiger charge is -2.04. The Bertz CT molecular complexity index is 199. The van der Waals surface area contributed by atoms with Crippen molar-refractivity contribution in [2.75, 3.05) is 6.61 Å². The van der Waals surface area contributed by atoms with Crippen molar-refractivity contribution in [1.82, 2.24) is 0 Å². The summed E-state index contributed by atoms with van der Waals surface area (Å²) in [5.41, 5.74) is 0. The molecule has 0 radical (unpaired) electrons. The van der Waals surface area contributed by atoms with Crippen molar-refractivity contribution in [2.45, 2.75) is 58.5 Å². The quantitative estimate of drug-likeness (QED) is 0.375. The minimum atomic E-state index is -0.522. The Morgan fingerprint density at radius 1 is 1.25 bits per heavy atom. The third-order valence-electron chi connectivity index (χ3n) is 2.34. The van der Waals surface area contributed by atoms with E-state index >= 15 is 0 Å². The number of hydrogen-bond donors (Lipinski definition) is 1. The number of esters is 1. The van der Waals surface area contributed by atoms with Gasteiger partial charge in [0.1, 0.15) is 0 Å². The zero-order valence-corrected chi connectivity index (χ0v) is 10.4. The van der Waals surface area contributed by atoms with Gasteiger partial charge in [-0.2, -0.15) is 0 Å². The van der Waals surface area contributed by atoms with Crippen molar-refractivity contribution >= 4 is 5.97 Å². The first-order valence-electron chi connectivity index (χ1n) is 6.23. The molecular weight excluding hydrogens is 204 g/mol. The van der Waals surface area contributed by atoms with Crippen molar-refractivity contribution in [2.24, 2.45) is 0 Å². The van der Waals surface area contributed by atoms with E-state index in [1.807, 2.05) is 0 Å². The zero-order valence-electron chi connectivity index (χ0n) is 10.4. The maximum Gasteiger partial charge on any atom is 0.330 e. The van der Waals surface area contributed by atoms with Gasteiger partial charge < -0.3 is 9.84 Å². The molecule has 0 aromatic heterocycles. The molecule has 0 fully saturated rings. The van der Waals surface area contributed by atoms with Crippen LogP contribution in [-0.2, 0) is 9.53 Å². The van der Waals surface area contributed by atoms with Gasteiger partial charge in [0.05, 0.1) is 12.7 Å². The van der Waals surface area contributed by atoms with Crippen molar-refractivity contribution in [1.29, 1.82) is 0 Å². The predicted octanol–water partition coefficient (Wildman–Crippen LogP) is 2.83. The Morgan fingerprint density at radius 2 is 1.94 bits per heavy atom. The maximum absolute atomic E-state index is 10.9. The monoisotopic (exact) mass is 228 g/mol. The normalized spacial score (nSPS) is 12.9. The van der Waals surface area contributed by atoms with E-state index in [9.17, 15) is 9.90 Å². The lowest BCUT2D eigenvalue weighted by atomic mass is 10.1. The fraction of sp³-hybridized carbons (Fsp3) is 0.769. The largest absolute Gasteiger partial charge is 0.463 e. The first-order valence-corrected chi connectivity index (χ1v) is 6.23. The van der Waals surface area contributed by atoms with Crippen LogP contribution in [0.3, 0.4) is 0 Å². The molecule has 1 unspecified atom stereocenters. The van der Waals surface area contributed by atoms with E-state index in [4.69, 9.17) is 4.74 Å². The number of aliphatic hydroxyl groups excluding tert-OH is 1. The van der Waals surface area contributed by atoms with Crippen molar-refractivity contribution < 1.29 is 14.6 Å². The van der Waals surface area contributed by atoms with E-state index < -0.39 is 6.10 Å². The summed E-state index contributed by atoms with van der Waals surface area (Å²) in [6, 6.07) is 0. The standard InChI is InChI=1S/C13H24O3/c1-3-5-6-7-8-9-12(14)10-11-13(15)16-4-2/h10-12,14H,3-9H2,1-2H3/b11-10+. The summed E-state index contributed by atoms with van der Waals surface area (Å²) >= 11 is 0. The summed E-state index contributed by atoms with van der Waals surface area (Å²) < 4.78 is 4.71. The van der Waals surface area contributed by atoms with Crippen molar-refractivity contribution in [3.05, 3.63) is 12.2 Å². The van der Waals surface area contributed by atoms with Gasteiger partial charge in [-0.1, -0.05) is 39.0 Å². The molecule has 0 aromatic carbocycles. The Labute approximate surface area is 98.5 Å². The third-order valence-corrected chi connectivity index (χ3v) is 2.34. The summed E-state index contributed by atoms with van der Waals surface area (Å²) in [6.45, 7) is 4.31. The van der Waals surface area contributed by atoms with Gasteiger partial charge in [-0.15, -0.1) is 0 Å². The van der Waals surface area contributed by atoms with Gasteiger partial charge >= 0.3 is 5.97 Å². The molecule has 0 bridgehead atoms. The fourth-order valence-corrected chi connectivity index (χ4v) is 1.43. The van der Waals surface area contributed by atoms with Crippen LogP contribution in [0.2, 0.25) is 0 Å². The van der Waals surface area contributed by atoms with Crippen LogP contribution in [0.4, 0.5) is 0 Å². The van der Waals surface area contributed by atoms with Crippen LogP contribution in [0, 0.1) is 0 Å². The number of aliphatic hydroxyl groups is 1. The first kappa shape index (κ1) is 15.2. The van der Waals surface area contributed by atoms with E-state index in [1.54, 1.807) is 6.92 Å². The lowest BCUT2D eigenvalue weighted by molar-refractivity contribution is -0.137. The third kappa shape index (κ3) is 9.71. The molecule has 0 heterocycles. The Balaban J connectivity index is 3.49. The highest BCUT2D eigenvalue weighted by Gasteiger charge is 2.00. The van der Waals surface area contributed by atoms with E-state index in [0.29, 0.717) is 6.61 Å². The number of unbranched alkanes of at least 4 members (excludes halogenated alkanes) is 4. The van der Waals surface area contributed by atoms with Gasteiger partial charge in [0.2, 0.25) is 0 Å². The highest BCUT2D eigenvalue weighted by Crippen LogP contribution is 2.07. The molecule has 0 saturated carbocycles. The molecule has 0 saturated heterocycles. The summed E-state index contributed by atoms with van der Waals surface area (Å²) in [5.74, 6) is -0.382. The van der Waals surface area contributed by atoms with Crippen molar-refractivity contribution in [3.63, 3.8) is 0 Å². The maximum atomic E-state index is 10.9. The van der Waals surface area contributed by atoms with Gasteiger partial charge in [0.15, 0.2) is 0 Å². The summed E-state index contributed by atoms with van der Waals surface area (Å²) in [5, 5.41) is 9.53. The van der Waals surface area contributed by atoms with Gasteiger partial charge in [0, 0.05) is 6.08 Å². The highest BCUT2D eigenvalue weighted by atomic mass is 16.5. The van der Waals surface area contributed by atoms with E-state index in [2.05, 4.69) is 6.92 Å². The fourth-order valence-electron chi connectivity index (χ4n) is 1.43. The molecule has 0 aliphatic rings. The second kappa shape index (κ2) is 10.7. The van der Waals surface area contributed by atoms with Crippen LogP contribution >= 0.6 is 0 Å². The van der Waals surface area contributed by atoms with E-state index in [0.717, 1.165) is 19.3 Å². The number of hydrogen-bond acceptors (Lipinski definition) is 3. The Hall–Kier alpha value is -0.830. The molecule has 1 atom stereocenters. The predicted molar refractivity (Wildman–Crippen MR) is 65.2 cm³/mol. The van der Waals surface area contributed by atoms with Crippen LogP contribution in [0.5, 0.6) is 0 Å². The minimum absolute atomic E-state index is 0.371. The molecule has 1 N–H and O–H groups in total. The highest BCUT2D eigenvalue weighted by molar-refractivity contribution is 5.81. The number of rotatable bonds is 9. The van der Waals surface area contributed by atoms with Crippen LogP contribution < -0.4 is 0 Å². The molecule has 0 amide bonds. The minimum Gasteiger partial charge on any atom is -0.463 e. The first-order chi connectivity index (χ1) is 7.70. The summed E-state index contributed by atoms with van der Waals surface area (Å²) in [6.07, 6.45) is 8.89. The average Bonchev–Trinajstić information content (AvgIpc) is 2.26. The second-order valence-corrected chi connectivity index (χ2v) is 3.88. The average molecular weight is 228 g/mol. The van der Waals surface area contributed by atoms with Gasteiger partial charge in [-0.25, -0.2) is 4.79 Å². The van der Waals surface area contributed by atoms with Crippen LogP contribution in [0.25, 0.3) is 0 Å². The van der Waals surface area contributed by atoms with Crippen LogP contribution in [0.1, 0.15) is 52.4 Å². The molecule has 94 valence electrons. The zero-order chi connectivity index (χ0) is 12.2. The molecule has 3 nitrogen and oxygen atoms in total. The number of carbonyl (C=O) groups is 1. The topological polar surface area (TPSA) is 46.5 Å². The van der Waals surface area contributed by atoms with Gasteiger partial charge in [-0.3, -0.25) is 0 Å². The van der Waals surface area contributed by atoms with E-state index in [1.165, 1.54) is 31.4 Å². The van der Waals surface area contributed by atoms with Crippen LogP contribution in [0.15, 0.2) is 12.2 Å². The summed E-state index contributed by atoms with van der Waals surface area (Å²) in [7, 11) is 0. The molecule has 0 aliphatic heterocycles. The Morgan fingerprint density at radius 3 is 2.56 bits per heavy atom. The van der Waals surface area contributed by atoms with Crippen LogP contribution in [-0.4, -0.2) is 23.8 Å². The number of ether oxygens (including phenoxy) is 1. The van der Waals surface area contributed by atoms with Crippen molar-refractivity contribution in [3.8, 4) is 0 Å².